The molecule has 1 saturated heterocycles. The number of hydrogen-bond donors (Lipinski definition) is 1. The molecule has 2 rings (SSSR count). The maximum Gasteiger partial charge on any atom is 0.260 e. The number of piperidine rings is 1. The van der Waals surface area contributed by atoms with Crippen LogP contribution in [0, 0.1) is 0 Å². The third-order valence-corrected chi connectivity index (χ3v) is 4.04. The molecule has 1 aliphatic heterocycles. The molecule has 1 fully saturated rings. The van der Waals surface area contributed by atoms with Crippen LogP contribution in [-0.4, -0.2) is 49.4 Å². The number of likely N-dealkylation sites (tertiary alicyclic amines) is 1. The Morgan fingerprint density at radius 3 is 2.68 bits per heavy atom. The van der Waals surface area contributed by atoms with Gasteiger partial charge in [0.2, 0.25) is 0 Å². The fraction of sp³-hybridized carbons (Fsp3) is 0.529. The van der Waals surface area contributed by atoms with E-state index in [1.165, 1.54) is 0 Å². The first-order valence-corrected chi connectivity index (χ1v) is 7.85. The molecule has 1 unspecified atom stereocenters. The van der Waals surface area contributed by atoms with Gasteiger partial charge < -0.3 is 15.0 Å². The number of rotatable bonds is 6. The van der Waals surface area contributed by atoms with E-state index in [2.05, 4.69) is 5.32 Å². The maximum atomic E-state index is 12.2. The zero-order chi connectivity index (χ0) is 15.9. The molecule has 0 aliphatic carbocycles. The smallest absolute Gasteiger partial charge is 0.260 e. The minimum absolute atomic E-state index is 0.00802. The number of nitrogens with one attached hydrogen (secondary N) is 1. The molecule has 22 heavy (non-hydrogen) atoms. The summed E-state index contributed by atoms with van der Waals surface area (Å²) in [5.41, 5.74) is 0.675. The molecule has 0 bridgehead atoms. The van der Waals surface area contributed by atoms with Crippen molar-refractivity contribution >= 4 is 11.7 Å². The van der Waals surface area contributed by atoms with E-state index in [-0.39, 0.29) is 18.3 Å². The Morgan fingerprint density at radius 1 is 1.32 bits per heavy atom. The number of amides is 1. The number of ketones is 1. The van der Waals surface area contributed by atoms with E-state index < -0.39 is 0 Å². The van der Waals surface area contributed by atoms with Crippen molar-refractivity contribution in [3.8, 4) is 5.75 Å². The summed E-state index contributed by atoms with van der Waals surface area (Å²) in [7, 11) is 1.92. The van der Waals surface area contributed by atoms with E-state index in [1.807, 2.05) is 18.9 Å². The molecule has 0 aromatic heterocycles. The van der Waals surface area contributed by atoms with E-state index >= 15 is 0 Å². The molecule has 1 atom stereocenters. The molecular formula is C17H24N2O3. The molecule has 1 aromatic rings. The van der Waals surface area contributed by atoms with E-state index in [0.717, 1.165) is 25.9 Å². The molecule has 1 heterocycles. The molecule has 0 saturated carbocycles. The van der Waals surface area contributed by atoms with E-state index in [9.17, 15) is 9.59 Å². The van der Waals surface area contributed by atoms with Gasteiger partial charge in [0, 0.05) is 31.1 Å². The second kappa shape index (κ2) is 7.94. The molecule has 1 aliphatic rings. The van der Waals surface area contributed by atoms with Crippen molar-refractivity contribution in [2.45, 2.75) is 32.2 Å². The summed E-state index contributed by atoms with van der Waals surface area (Å²) in [5.74, 6) is 0.728. The Hall–Kier alpha value is -1.88. The van der Waals surface area contributed by atoms with Gasteiger partial charge in [-0.1, -0.05) is 6.92 Å². The molecule has 1 N–H and O–H groups in total. The monoisotopic (exact) mass is 304 g/mol. The first-order chi connectivity index (χ1) is 10.6. The SMILES string of the molecule is CCC(=O)c1ccc(OCC(=O)N2CCCC(NC)C2)cc1. The summed E-state index contributed by atoms with van der Waals surface area (Å²) in [5, 5.41) is 3.22. The first kappa shape index (κ1) is 16.5. The normalized spacial score (nSPS) is 18.1. The van der Waals surface area contributed by atoms with Crippen LogP contribution < -0.4 is 10.1 Å². The van der Waals surface area contributed by atoms with Crippen molar-refractivity contribution in [3.05, 3.63) is 29.8 Å². The van der Waals surface area contributed by atoms with Crippen molar-refractivity contribution in [2.75, 3.05) is 26.7 Å². The van der Waals surface area contributed by atoms with Gasteiger partial charge >= 0.3 is 0 Å². The Balaban J connectivity index is 1.84. The van der Waals surface area contributed by atoms with E-state index in [1.54, 1.807) is 24.3 Å². The number of Topliss-reactive ketones (excluding diaryl/α,β-unsaturated/α-hetero) is 1. The first-order valence-electron chi connectivity index (χ1n) is 7.85. The molecule has 5 heteroatoms. The van der Waals surface area contributed by atoms with Crippen LogP contribution >= 0.6 is 0 Å². The standard InChI is InChI=1S/C17H24N2O3/c1-3-16(20)13-6-8-15(9-7-13)22-12-17(21)19-10-4-5-14(11-19)18-2/h6-9,14,18H,3-5,10-12H2,1-2H3. The van der Waals surface area contributed by atoms with Gasteiger partial charge in [-0.25, -0.2) is 0 Å². The molecule has 1 aromatic carbocycles. The molecular weight excluding hydrogens is 280 g/mol. The maximum absolute atomic E-state index is 12.2. The van der Waals surface area contributed by atoms with Gasteiger partial charge in [-0.2, -0.15) is 0 Å². The van der Waals surface area contributed by atoms with Gasteiger partial charge in [0.05, 0.1) is 0 Å². The average Bonchev–Trinajstić information content (AvgIpc) is 2.59. The third kappa shape index (κ3) is 4.31. The minimum atomic E-state index is 0.00802. The number of carbonyl (C=O) groups excluding carboxylic acids is 2. The highest BCUT2D eigenvalue weighted by Gasteiger charge is 2.22. The summed E-state index contributed by atoms with van der Waals surface area (Å²) in [6.07, 6.45) is 2.61. The van der Waals surface area contributed by atoms with E-state index in [0.29, 0.717) is 23.8 Å². The van der Waals surface area contributed by atoms with Crippen LogP contribution in [0.1, 0.15) is 36.5 Å². The van der Waals surface area contributed by atoms with Crippen molar-refractivity contribution in [3.63, 3.8) is 0 Å². The zero-order valence-corrected chi connectivity index (χ0v) is 13.3. The van der Waals surface area contributed by atoms with Gasteiger partial charge in [-0.15, -0.1) is 0 Å². The average molecular weight is 304 g/mol. The van der Waals surface area contributed by atoms with Crippen molar-refractivity contribution < 1.29 is 14.3 Å². The van der Waals surface area contributed by atoms with Crippen LogP contribution in [0.5, 0.6) is 5.75 Å². The lowest BCUT2D eigenvalue weighted by Crippen LogP contribution is -2.48. The predicted octanol–water partition coefficient (Wildman–Crippen LogP) is 1.87. The van der Waals surface area contributed by atoms with Crippen molar-refractivity contribution in [1.29, 1.82) is 0 Å². The zero-order valence-electron chi connectivity index (χ0n) is 13.3. The predicted molar refractivity (Wildman–Crippen MR) is 85.2 cm³/mol. The lowest BCUT2D eigenvalue weighted by molar-refractivity contribution is -0.134. The van der Waals surface area contributed by atoms with Gasteiger partial charge in [-0.05, 0) is 44.2 Å². The molecule has 0 radical (unpaired) electrons. The molecule has 1 amide bonds. The third-order valence-electron chi connectivity index (χ3n) is 4.04. The van der Waals surface area contributed by atoms with Crippen LogP contribution in [0.4, 0.5) is 0 Å². The van der Waals surface area contributed by atoms with Crippen molar-refractivity contribution in [2.24, 2.45) is 0 Å². The van der Waals surface area contributed by atoms with Crippen LogP contribution in [0.15, 0.2) is 24.3 Å². The number of nitrogens with zero attached hydrogens (tertiary/aromatic N) is 1. The Labute approximate surface area is 131 Å². The lowest BCUT2D eigenvalue weighted by atomic mass is 10.1. The Morgan fingerprint density at radius 2 is 2.05 bits per heavy atom. The van der Waals surface area contributed by atoms with Crippen LogP contribution in [-0.2, 0) is 4.79 Å². The number of ether oxygens (including phenoxy) is 1. The summed E-state index contributed by atoms with van der Waals surface area (Å²) in [6, 6.07) is 7.33. The number of benzene rings is 1. The van der Waals surface area contributed by atoms with Gasteiger partial charge in [0.25, 0.3) is 5.91 Å². The van der Waals surface area contributed by atoms with Crippen LogP contribution in [0.25, 0.3) is 0 Å². The highest BCUT2D eigenvalue weighted by Crippen LogP contribution is 2.14. The number of carbonyl (C=O) groups is 2. The molecule has 120 valence electrons. The Kier molecular flexibility index (Phi) is 5.95. The summed E-state index contributed by atoms with van der Waals surface area (Å²) in [6.45, 7) is 3.41. The number of likely N-dealkylation sites (N-methyl/N-ethyl adjacent to an activating group) is 1. The lowest BCUT2D eigenvalue weighted by Gasteiger charge is -2.32. The van der Waals surface area contributed by atoms with Gasteiger partial charge in [-0.3, -0.25) is 9.59 Å². The second-order valence-corrected chi connectivity index (χ2v) is 5.56. The number of hydrogen-bond acceptors (Lipinski definition) is 4. The van der Waals surface area contributed by atoms with Crippen LogP contribution in [0.2, 0.25) is 0 Å². The summed E-state index contributed by atoms with van der Waals surface area (Å²) >= 11 is 0. The van der Waals surface area contributed by atoms with Crippen LogP contribution in [0.3, 0.4) is 0 Å². The highest BCUT2D eigenvalue weighted by molar-refractivity contribution is 5.95. The summed E-state index contributed by atoms with van der Waals surface area (Å²) in [4.78, 5) is 25.6. The fourth-order valence-electron chi connectivity index (χ4n) is 2.62. The fourth-order valence-corrected chi connectivity index (χ4v) is 2.62. The molecule has 5 nitrogen and oxygen atoms in total. The van der Waals surface area contributed by atoms with Gasteiger partial charge in [0.15, 0.2) is 12.4 Å². The Bertz CT molecular complexity index is 513. The topological polar surface area (TPSA) is 58.6 Å². The van der Waals surface area contributed by atoms with E-state index in [4.69, 9.17) is 4.74 Å². The largest absolute Gasteiger partial charge is 0.484 e. The minimum Gasteiger partial charge on any atom is -0.484 e. The van der Waals surface area contributed by atoms with Gasteiger partial charge in [0.1, 0.15) is 5.75 Å². The van der Waals surface area contributed by atoms with Crippen molar-refractivity contribution in [1.82, 2.24) is 10.2 Å². The second-order valence-electron chi connectivity index (χ2n) is 5.56. The quantitative estimate of drug-likeness (QED) is 0.815. The summed E-state index contributed by atoms with van der Waals surface area (Å²) < 4.78 is 5.54. The highest BCUT2D eigenvalue weighted by atomic mass is 16.5. The molecule has 0 spiro atoms.